The number of rotatable bonds is 14. The number of aryl methyl sites for hydroxylation is 1. The SMILES string of the molecule is CCCCCOc1ccc(C2/C(=C(\O)c3ccc(OCC(C)C)cc3C)C(=O)C(=O)N2CCN(C)C)cc1OC. The number of likely N-dealkylation sites (N-methyl/N-ethyl adjacent to an activating group) is 1. The van der Waals surface area contributed by atoms with Gasteiger partial charge in [0.2, 0.25) is 0 Å². The van der Waals surface area contributed by atoms with E-state index >= 15 is 0 Å². The highest BCUT2D eigenvalue weighted by atomic mass is 16.5. The Labute approximate surface area is 238 Å². The maximum absolute atomic E-state index is 13.4. The molecular weight excluding hydrogens is 508 g/mol. The van der Waals surface area contributed by atoms with Crippen molar-refractivity contribution in [1.29, 1.82) is 0 Å². The first-order valence-electron chi connectivity index (χ1n) is 14.1. The third-order valence-electron chi connectivity index (χ3n) is 6.87. The van der Waals surface area contributed by atoms with Crippen molar-refractivity contribution in [2.45, 2.75) is 53.0 Å². The molecule has 1 aliphatic rings. The fourth-order valence-electron chi connectivity index (χ4n) is 4.67. The Hall–Kier alpha value is -3.52. The number of benzene rings is 2. The number of likely N-dealkylation sites (tertiary alicyclic amines) is 1. The molecule has 0 bridgehead atoms. The van der Waals surface area contributed by atoms with E-state index in [2.05, 4.69) is 20.8 Å². The summed E-state index contributed by atoms with van der Waals surface area (Å²) in [5, 5.41) is 11.5. The van der Waals surface area contributed by atoms with Gasteiger partial charge in [-0.1, -0.05) is 39.7 Å². The molecule has 1 atom stereocenters. The van der Waals surface area contributed by atoms with Crippen molar-refractivity contribution < 1.29 is 28.9 Å². The molecule has 1 N–H and O–H groups in total. The summed E-state index contributed by atoms with van der Waals surface area (Å²) < 4.78 is 17.4. The number of ether oxygens (including phenoxy) is 3. The Bertz CT molecular complexity index is 1220. The summed E-state index contributed by atoms with van der Waals surface area (Å²) in [5.41, 5.74) is 1.94. The van der Waals surface area contributed by atoms with Crippen molar-refractivity contribution in [3.63, 3.8) is 0 Å². The molecule has 8 nitrogen and oxygen atoms in total. The molecule has 1 fully saturated rings. The highest BCUT2D eigenvalue weighted by Crippen LogP contribution is 2.42. The largest absolute Gasteiger partial charge is 0.507 e. The van der Waals surface area contributed by atoms with E-state index in [-0.39, 0.29) is 11.3 Å². The quantitative estimate of drug-likeness (QED) is 0.141. The molecule has 1 amide bonds. The highest BCUT2D eigenvalue weighted by Gasteiger charge is 2.46. The first kappa shape index (κ1) is 31.0. The molecule has 1 saturated heterocycles. The van der Waals surface area contributed by atoms with Crippen molar-refractivity contribution in [3.05, 3.63) is 58.7 Å². The van der Waals surface area contributed by atoms with Crippen LogP contribution in [0.25, 0.3) is 5.76 Å². The second-order valence-electron chi connectivity index (χ2n) is 10.9. The second kappa shape index (κ2) is 14.2. The normalized spacial score (nSPS) is 16.7. The molecule has 2 aromatic rings. The number of carbonyl (C=O) groups excluding carboxylic acids is 2. The Balaban J connectivity index is 2.07. The zero-order valence-corrected chi connectivity index (χ0v) is 25.0. The summed E-state index contributed by atoms with van der Waals surface area (Å²) in [6, 6.07) is 9.99. The minimum atomic E-state index is -0.778. The van der Waals surface area contributed by atoms with E-state index in [1.165, 1.54) is 4.90 Å². The summed E-state index contributed by atoms with van der Waals surface area (Å²) in [4.78, 5) is 30.2. The van der Waals surface area contributed by atoms with Crippen LogP contribution < -0.4 is 14.2 Å². The summed E-state index contributed by atoms with van der Waals surface area (Å²) in [5.74, 6) is 0.612. The number of hydrogen-bond donors (Lipinski definition) is 1. The standard InChI is InChI=1S/C32H44N2O6/c1-8-9-10-17-39-26-14-11-23(19-27(26)38-7)29-28(31(36)32(37)34(29)16-15-33(5)6)30(35)25-13-12-24(18-22(25)4)40-20-21(2)3/h11-14,18-19,21,29,35H,8-10,15-17,20H2,1-7H3/b30-28+. The van der Waals surface area contributed by atoms with Crippen LogP contribution in [0, 0.1) is 12.8 Å². The number of methoxy groups -OCH3 is 1. The summed E-state index contributed by atoms with van der Waals surface area (Å²) in [6.45, 7) is 10.1. The van der Waals surface area contributed by atoms with Crippen molar-refractivity contribution >= 4 is 17.4 Å². The molecule has 2 aromatic carbocycles. The van der Waals surface area contributed by atoms with Gasteiger partial charge in [0.05, 0.1) is 31.9 Å². The number of Topliss-reactive ketones (excluding diaryl/α,β-unsaturated/α-hetero) is 1. The number of aliphatic hydroxyl groups excluding tert-OH is 1. The molecule has 8 heteroatoms. The van der Waals surface area contributed by atoms with Crippen LogP contribution in [0.1, 0.15) is 62.8 Å². The summed E-state index contributed by atoms with van der Waals surface area (Å²) in [6.07, 6.45) is 3.11. The molecule has 0 aromatic heterocycles. The molecule has 0 saturated carbocycles. The van der Waals surface area contributed by atoms with E-state index in [9.17, 15) is 14.7 Å². The molecule has 1 aliphatic heterocycles. The zero-order valence-electron chi connectivity index (χ0n) is 25.0. The van der Waals surface area contributed by atoms with E-state index in [0.29, 0.717) is 60.6 Å². The van der Waals surface area contributed by atoms with E-state index in [0.717, 1.165) is 24.8 Å². The Kier molecular flexibility index (Phi) is 11.0. The predicted molar refractivity (Wildman–Crippen MR) is 157 cm³/mol. The van der Waals surface area contributed by atoms with Crippen LogP contribution in [0.4, 0.5) is 0 Å². The number of nitrogens with zero attached hydrogens (tertiary/aromatic N) is 2. The van der Waals surface area contributed by atoms with Crippen molar-refractivity contribution in [1.82, 2.24) is 9.80 Å². The van der Waals surface area contributed by atoms with Crippen LogP contribution in [0.3, 0.4) is 0 Å². The molecule has 0 aliphatic carbocycles. The topological polar surface area (TPSA) is 88.5 Å². The Morgan fingerprint density at radius 3 is 2.42 bits per heavy atom. The van der Waals surface area contributed by atoms with Gasteiger partial charge in [0, 0.05) is 18.7 Å². The van der Waals surface area contributed by atoms with Crippen LogP contribution in [-0.2, 0) is 9.59 Å². The molecule has 3 rings (SSSR count). The molecule has 40 heavy (non-hydrogen) atoms. The van der Waals surface area contributed by atoms with Gasteiger partial charge in [-0.3, -0.25) is 9.59 Å². The van der Waals surface area contributed by atoms with Crippen LogP contribution >= 0.6 is 0 Å². The number of carbonyl (C=O) groups is 2. The maximum atomic E-state index is 13.4. The molecule has 1 heterocycles. The average Bonchev–Trinajstić information content (AvgIpc) is 3.17. The third-order valence-corrected chi connectivity index (χ3v) is 6.87. The monoisotopic (exact) mass is 552 g/mol. The summed E-state index contributed by atoms with van der Waals surface area (Å²) >= 11 is 0. The predicted octanol–water partition coefficient (Wildman–Crippen LogP) is 5.59. The van der Waals surface area contributed by atoms with Gasteiger partial charge in [0.15, 0.2) is 11.5 Å². The van der Waals surface area contributed by atoms with Crippen LogP contribution in [0.5, 0.6) is 17.2 Å². The van der Waals surface area contributed by atoms with Gasteiger partial charge in [-0.25, -0.2) is 0 Å². The van der Waals surface area contributed by atoms with Crippen LogP contribution in [0.2, 0.25) is 0 Å². The van der Waals surface area contributed by atoms with Gasteiger partial charge in [0.1, 0.15) is 11.5 Å². The lowest BCUT2D eigenvalue weighted by molar-refractivity contribution is -0.140. The van der Waals surface area contributed by atoms with Crippen molar-refractivity contribution in [2.75, 3.05) is 47.5 Å². The lowest BCUT2D eigenvalue weighted by Gasteiger charge is -2.27. The molecular formula is C32H44N2O6. The van der Waals surface area contributed by atoms with E-state index in [1.54, 1.807) is 31.4 Å². The molecule has 218 valence electrons. The first-order valence-corrected chi connectivity index (χ1v) is 14.1. The van der Waals surface area contributed by atoms with Gasteiger partial charge in [-0.05, 0) is 74.8 Å². The number of ketones is 1. The minimum Gasteiger partial charge on any atom is -0.507 e. The third kappa shape index (κ3) is 7.36. The molecule has 1 unspecified atom stereocenters. The van der Waals surface area contributed by atoms with E-state index < -0.39 is 17.7 Å². The van der Waals surface area contributed by atoms with Gasteiger partial charge in [-0.15, -0.1) is 0 Å². The smallest absolute Gasteiger partial charge is 0.295 e. The number of unbranched alkanes of at least 4 members (excludes halogenated alkanes) is 2. The van der Waals surface area contributed by atoms with E-state index in [1.807, 2.05) is 38.1 Å². The van der Waals surface area contributed by atoms with Crippen molar-refractivity contribution in [2.24, 2.45) is 5.92 Å². The number of aliphatic hydroxyl groups is 1. The average molecular weight is 553 g/mol. The van der Waals surface area contributed by atoms with Crippen LogP contribution in [0.15, 0.2) is 42.0 Å². The summed E-state index contributed by atoms with van der Waals surface area (Å²) in [7, 11) is 5.38. The van der Waals surface area contributed by atoms with Crippen molar-refractivity contribution in [3.8, 4) is 17.2 Å². The maximum Gasteiger partial charge on any atom is 0.295 e. The number of amides is 1. The van der Waals surface area contributed by atoms with Gasteiger partial charge >= 0.3 is 0 Å². The van der Waals surface area contributed by atoms with Gasteiger partial charge in [0.25, 0.3) is 11.7 Å². The molecule has 0 radical (unpaired) electrons. The highest BCUT2D eigenvalue weighted by molar-refractivity contribution is 6.46. The number of hydrogen-bond acceptors (Lipinski definition) is 7. The zero-order chi connectivity index (χ0) is 29.4. The van der Waals surface area contributed by atoms with Gasteiger partial charge < -0.3 is 29.1 Å². The minimum absolute atomic E-state index is 0.0568. The lowest BCUT2D eigenvalue weighted by Crippen LogP contribution is -2.35. The van der Waals surface area contributed by atoms with Gasteiger partial charge in [-0.2, -0.15) is 0 Å². The fraction of sp³-hybridized carbons (Fsp3) is 0.500. The Morgan fingerprint density at radius 2 is 1.80 bits per heavy atom. The van der Waals surface area contributed by atoms with E-state index in [4.69, 9.17) is 14.2 Å². The second-order valence-corrected chi connectivity index (χ2v) is 10.9. The Morgan fingerprint density at radius 1 is 1.05 bits per heavy atom. The first-order chi connectivity index (χ1) is 19.1. The fourth-order valence-corrected chi connectivity index (χ4v) is 4.67. The molecule has 0 spiro atoms. The van der Waals surface area contributed by atoms with Crippen LogP contribution in [-0.4, -0.2) is 74.1 Å². The lowest BCUT2D eigenvalue weighted by atomic mass is 9.93.